The molecule has 1 fully saturated rings. The molecule has 0 aromatic heterocycles. The number of rotatable bonds is 7. The van der Waals surface area contributed by atoms with Gasteiger partial charge in [0.15, 0.2) is 6.29 Å². The molecule has 4 heteroatoms. The van der Waals surface area contributed by atoms with Gasteiger partial charge in [-0.2, -0.15) is 0 Å². The highest BCUT2D eigenvalue weighted by molar-refractivity contribution is 5.22. The molecular weight excluding hydrogens is 264 g/mol. The summed E-state index contributed by atoms with van der Waals surface area (Å²) < 4.78 is 11.2. The van der Waals surface area contributed by atoms with Crippen LogP contribution in [0.1, 0.15) is 24.0 Å². The van der Waals surface area contributed by atoms with Crippen molar-refractivity contribution in [2.45, 2.75) is 32.2 Å². The Morgan fingerprint density at radius 1 is 0.952 bits per heavy atom. The Labute approximate surface area is 128 Å². The molecule has 0 amide bonds. The highest BCUT2D eigenvalue weighted by Gasteiger charge is 2.14. The first-order valence-electron chi connectivity index (χ1n) is 7.78. The van der Waals surface area contributed by atoms with E-state index in [2.05, 4.69) is 55.2 Å². The highest BCUT2D eigenvalue weighted by atomic mass is 16.7. The van der Waals surface area contributed by atoms with E-state index < -0.39 is 0 Å². The monoisotopic (exact) mass is 292 g/mol. The average Bonchev–Trinajstić information content (AvgIpc) is 2.48. The maximum atomic E-state index is 5.58. The van der Waals surface area contributed by atoms with Crippen molar-refractivity contribution in [3.63, 3.8) is 0 Å². The Kier molecular flexibility index (Phi) is 6.64. The highest BCUT2D eigenvalue weighted by Crippen LogP contribution is 2.11. The predicted molar refractivity (Wildman–Crippen MR) is 85.1 cm³/mol. The lowest BCUT2D eigenvalue weighted by atomic mass is 10.1. The normalized spacial score (nSPS) is 16.8. The summed E-state index contributed by atoms with van der Waals surface area (Å²) in [6.45, 7) is 4.62. The van der Waals surface area contributed by atoms with Gasteiger partial charge in [0.2, 0.25) is 0 Å². The van der Waals surface area contributed by atoms with Crippen molar-refractivity contribution in [2.75, 3.05) is 40.9 Å². The SMILES string of the molecule is CN(C)Cc1ccc(CN(C)CCC2OCCCO2)cc1. The summed E-state index contributed by atoms with van der Waals surface area (Å²) in [5, 5.41) is 0. The molecule has 1 aromatic carbocycles. The van der Waals surface area contributed by atoms with E-state index in [1.807, 2.05) is 0 Å². The van der Waals surface area contributed by atoms with Gasteiger partial charge in [-0.1, -0.05) is 24.3 Å². The van der Waals surface area contributed by atoms with Gasteiger partial charge in [-0.05, 0) is 38.7 Å². The molecule has 1 aliphatic heterocycles. The van der Waals surface area contributed by atoms with E-state index in [1.54, 1.807) is 0 Å². The van der Waals surface area contributed by atoms with Gasteiger partial charge in [0.1, 0.15) is 0 Å². The predicted octanol–water partition coefficient (Wildman–Crippen LogP) is 2.33. The molecule has 0 bridgehead atoms. The third-order valence-electron chi connectivity index (χ3n) is 3.62. The molecule has 2 rings (SSSR count). The van der Waals surface area contributed by atoms with Gasteiger partial charge in [-0.15, -0.1) is 0 Å². The fraction of sp³-hybridized carbons (Fsp3) is 0.647. The first kappa shape index (κ1) is 16.4. The quantitative estimate of drug-likeness (QED) is 0.770. The topological polar surface area (TPSA) is 24.9 Å². The minimum absolute atomic E-state index is 0.0105. The molecule has 0 N–H and O–H groups in total. The summed E-state index contributed by atoms with van der Waals surface area (Å²) in [7, 11) is 6.34. The minimum atomic E-state index is -0.0105. The summed E-state index contributed by atoms with van der Waals surface area (Å²) in [6, 6.07) is 8.89. The molecule has 0 unspecified atom stereocenters. The lowest BCUT2D eigenvalue weighted by molar-refractivity contribution is -0.182. The van der Waals surface area contributed by atoms with Crippen LogP contribution in [-0.2, 0) is 22.6 Å². The number of hydrogen-bond acceptors (Lipinski definition) is 4. The van der Waals surface area contributed by atoms with Crippen LogP contribution < -0.4 is 0 Å². The summed E-state index contributed by atoms with van der Waals surface area (Å²) in [5.74, 6) is 0. The summed E-state index contributed by atoms with van der Waals surface area (Å²) in [6.07, 6.45) is 1.95. The fourth-order valence-corrected chi connectivity index (χ4v) is 2.54. The third-order valence-corrected chi connectivity index (χ3v) is 3.62. The van der Waals surface area contributed by atoms with E-state index in [4.69, 9.17) is 9.47 Å². The molecule has 0 saturated carbocycles. The van der Waals surface area contributed by atoms with E-state index >= 15 is 0 Å². The Morgan fingerprint density at radius 3 is 2.10 bits per heavy atom. The molecule has 0 spiro atoms. The van der Waals surface area contributed by atoms with Crippen LogP contribution in [0.15, 0.2) is 24.3 Å². The van der Waals surface area contributed by atoms with Gasteiger partial charge in [0, 0.05) is 26.1 Å². The molecular formula is C17H28N2O2. The van der Waals surface area contributed by atoms with E-state index in [9.17, 15) is 0 Å². The number of nitrogens with zero attached hydrogens (tertiary/aromatic N) is 2. The van der Waals surface area contributed by atoms with Crippen molar-refractivity contribution in [1.29, 1.82) is 0 Å². The van der Waals surface area contributed by atoms with Crippen molar-refractivity contribution in [3.8, 4) is 0 Å². The molecule has 0 atom stereocenters. The van der Waals surface area contributed by atoms with Crippen molar-refractivity contribution in [1.82, 2.24) is 9.80 Å². The van der Waals surface area contributed by atoms with Gasteiger partial charge in [0.05, 0.1) is 13.2 Å². The van der Waals surface area contributed by atoms with E-state index in [0.717, 1.165) is 45.7 Å². The van der Waals surface area contributed by atoms with Crippen LogP contribution in [-0.4, -0.2) is 57.0 Å². The molecule has 1 saturated heterocycles. The lowest BCUT2D eigenvalue weighted by Crippen LogP contribution is -2.29. The Bertz CT molecular complexity index is 400. The molecule has 1 heterocycles. The first-order chi connectivity index (χ1) is 10.1. The molecule has 4 nitrogen and oxygen atoms in total. The maximum Gasteiger partial charge on any atom is 0.158 e. The van der Waals surface area contributed by atoms with Crippen molar-refractivity contribution < 1.29 is 9.47 Å². The summed E-state index contributed by atoms with van der Waals surface area (Å²) in [4.78, 5) is 4.51. The van der Waals surface area contributed by atoms with Crippen LogP contribution in [0, 0.1) is 0 Å². The lowest BCUT2D eigenvalue weighted by Gasteiger charge is -2.25. The minimum Gasteiger partial charge on any atom is -0.353 e. The second-order valence-electron chi connectivity index (χ2n) is 6.11. The van der Waals surface area contributed by atoms with E-state index in [-0.39, 0.29) is 6.29 Å². The summed E-state index contributed by atoms with van der Waals surface area (Å²) >= 11 is 0. The summed E-state index contributed by atoms with van der Waals surface area (Å²) in [5.41, 5.74) is 2.71. The molecule has 1 aromatic rings. The van der Waals surface area contributed by atoms with E-state index in [0.29, 0.717) is 0 Å². The zero-order valence-electron chi connectivity index (χ0n) is 13.5. The van der Waals surface area contributed by atoms with Crippen molar-refractivity contribution in [3.05, 3.63) is 35.4 Å². The van der Waals surface area contributed by atoms with Gasteiger partial charge in [-0.3, -0.25) is 0 Å². The van der Waals surface area contributed by atoms with Crippen LogP contribution in [0.25, 0.3) is 0 Å². The second kappa shape index (κ2) is 8.49. The van der Waals surface area contributed by atoms with Gasteiger partial charge in [-0.25, -0.2) is 0 Å². The van der Waals surface area contributed by atoms with Gasteiger partial charge >= 0.3 is 0 Å². The van der Waals surface area contributed by atoms with Crippen molar-refractivity contribution >= 4 is 0 Å². The molecule has 0 radical (unpaired) electrons. The van der Waals surface area contributed by atoms with Crippen molar-refractivity contribution in [2.24, 2.45) is 0 Å². The zero-order valence-corrected chi connectivity index (χ0v) is 13.5. The van der Waals surface area contributed by atoms with Crippen LogP contribution >= 0.6 is 0 Å². The Balaban J connectivity index is 1.72. The Hall–Kier alpha value is -0.940. The smallest absolute Gasteiger partial charge is 0.158 e. The number of ether oxygens (including phenoxy) is 2. The fourth-order valence-electron chi connectivity index (χ4n) is 2.54. The standard InChI is InChI=1S/C17H28N2O2/c1-18(2)13-15-5-7-16(8-6-15)14-19(3)10-9-17-20-11-4-12-21-17/h5-8,17H,4,9-14H2,1-3H3. The van der Waals surface area contributed by atoms with Gasteiger partial charge < -0.3 is 19.3 Å². The average molecular weight is 292 g/mol. The van der Waals surface area contributed by atoms with Gasteiger partial charge in [0.25, 0.3) is 0 Å². The van der Waals surface area contributed by atoms with Crippen LogP contribution in [0.2, 0.25) is 0 Å². The second-order valence-corrected chi connectivity index (χ2v) is 6.11. The van der Waals surface area contributed by atoms with Crippen LogP contribution in [0.5, 0.6) is 0 Å². The Morgan fingerprint density at radius 2 is 1.52 bits per heavy atom. The van der Waals surface area contributed by atoms with Crippen LogP contribution in [0.4, 0.5) is 0 Å². The largest absolute Gasteiger partial charge is 0.353 e. The molecule has 1 aliphatic rings. The molecule has 21 heavy (non-hydrogen) atoms. The van der Waals surface area contributed by atoms with Crippen LogP contribution in [0.3, 0.4) is 0 Å². The zero-order chi connectivity index (χ0) is 15.1. The first-order valence-corrected chi connectivity index (χ1v) is 7.78. The number of benzene rings is 1. The maximum absolute atomic E-state index is 5.58. The molecule has 0 aliphatic carbocycles. The third kappa shape index (κ3) is 6.14. The van der Waals surface area contributed by atoms with E-state index in [1.165, 1.54) is 11.1 Å². The molecule has 118 valence electrons. The number of hydrogen-bond donors (Lipinski definition) is 0.